The minimum Gasteiger partial charge on any atom is -0.489 e. The number of para-hydroxylation sites is 1. The number of aliphatic imine (C=N–C) groups is 1. The zero-order chi connectivity index (χ0) is 28.3. The molecule has 5 nitrogen and oxygen atoms in total. The van der Waals surface area contributed by atoms with Crippen LogP contribution in [-0.2, 0) is 0 Å². The van der Waals surface area contributed by atoms with Crippen molar-refractivity contribution in [1.82, 2.24) is 9.97 Å². The minimum absolute atomic E-state index is 0.311. The zero-order valence-electron chi connectivity index (χ0n) is 22.6. The first-order valence-electron chi connectivity index (χ1n) is 13.3. The van der Waals surface area contributed by atoms with Crippen LogP contribution in [0.4, 0.5) is 11.6 Å². The molecule has 5 rings (SSSR count). The summed E-state index contributed by atoms with van der Waals surface area (Å²) in [6.07, 6.45) is 11.3. The normalized spacial score (nSPS) is 11.4. The van der Waals surface area contributed by atoms with E-state index in [1.807, 2.05) is 133 Å². The van der Waals surface area contributed by atoms with Gasteiger partial charge in [0, 0.05) is 17.3 Å². The highest BCUT2D eigenvalue weighted by molar-refractivity contribution is 5.93. The number of hydrogen-bond donors (Lipinski definition) is 1. The Labute approximate surface area is 240 Å². The number of rotatable bonds is 10. The Balaban J connectivity index is 1.53. The zero-order valence-corrected chi connectivity index (χ0v) is 22.6. The number of anilines is 1. The SMILES string of the molecule is C=CCOc1ccccc1-c1ccccc1/C=N/c1nc(/C=C/c2ccccc2)c(N)c(/C=C/c2ccccc2)n1. The summed E-state index contributed by atoms with van der Waals surface area (Å²) in [5.41, 5.74) is 13.2. The number of ether oxygens (including phenoxy) is 1. The average Bonchev–Trinajstić information content (AvgIpc) is 3.03. The van der Waals surface area contributed by atoms with Gasteiger partial charge in [-0.2, -0.15) is 0 Å². The molecule has 0 saturated heterocycles. The summed E-state index contributed by atoms with van der Waals surface area (Å²) in [5.74, 6) is 1.09. The maximum absolute atomic E-state index is 6.54. The van der Waals surface area contributed by atoms with E-state index in [0.717, 1.165) is 33.6 Å². The molecule has 0 atom stereocenters. The lowest BCUT2D eigenvalue weighted by Crippen LogP contribution is -2.00. The van der Waals surface area contributed by atoms with Gasteiger partial charge in [-0.25, -0.2) is 15.0 Å². The number of nitrogens with zero attached hydrogens (tertiary/aromatic N) is 3. The van der Waals surface area contributed by atoms with Crippen molar-refractivity contribution in [3.63, 3.8) is 0 Å². The van der Waals surface area contributed by atoms with Crippen molar-refractivity contribution in [2.24, 2.45) is 4.99 Å². The predicted octanol–water partition coefficient (Wildman–Crippen LogP) is 8.38. The molecule has 0 aliphatic rings. The van der Waals surface area contributed by atoms with Gasteiger partial charge in [-0.05, 0) is 34.9 Å². The van der Waals surface area contributed by atoms with E-state index in [1.165, 1.54) is 0 Å². The van der Waals surface area contributed by atoms with Gasteiger partial charge in [0.1, 0.15) is 12.4 Å². The quantitative estimate of drug-likeness (QED) is 0.144. The van der Waals surface area contributed by atoms with Gasteiger partial charge >= 0.3 is 0 Å². The Morgan fingerprint density at radius 2 is 1.20 bits per heavy atom. The van der Waals surface area contributed by atoms with Crippen LogP contribution < -0.4 is 10.5 Å². The second-order valence-corrected chi connectivity index (χ2v) is 9.14. The van der Waals surface area contributed by atoms with E-state index in [0.29, 0.717) is 29.6 Å². The van der Waals surface area contributed by atoms with Crippen molar-refractivity contribution in [1.29, 1.82) is 0 Å². The Morgan fingerprint density at radius 3 is 1.80 bits per heavy atom. The molecule has 1 aromatic heterocycles. The van der Waals surface area contributed by atoms with E-state index < -0.39 is 0 Å². The lowest BCUT2D eigenvalue weighted by molar-refractivity contribution is 0.365. The molecule has 0 aliphatic heterocycles. The molecule has 4 aromatic carbocycles. The molecule has 0 saturated carbocycles. The van der Waals surface area contributed by atoms with Crippen LogP contribution in [0.5, 0.6) is 5.75 Å². The fourth-order valence-electron chi connectivity index (χ4n) is 4.23. The van der Waals surface area contributed by atoms with Gasteiger partial charge in [-0.3, -0.25) is 0 Å². The summed E-state index contributed by atoms with van der Waals surface area (Å²) in [5, 5.41) is 0. The maximum atomic E-state index is 6.54. The third kappa shape index (κ3) is 7.11. The molecule has 41 heavy (non-hydrogen) atoms. The Hall–Kier alpha value is -5.55. The van der Waals surface area contributed by atoms with Crippen molar-refractivity contribution in [3.05, 3.63) is 150 Å². The van der Waals surface area contributed by atoms with E-state index in [-0.39, 0.29) is 0 Å². The fraction of sp³-hybridized carbons (Fsp3) is 0.0278. The molecule has 5 aromatic rings. The molecule has 2 N–H and O–H groups in total. The molecular formula is C36H30N4O. The highest BCUT2D eigenvalue weighted by Gasteiger charge is 2.11. The Bertz CT molecular complexity index is 1640. The van der Waals surface area contributed by atoms with Crippen molar-refractivity contribution in [3.8, 4) is 16.9 Å². The second-order valence-electron chi connectivity index (χ2n) is 9.14. The molecule has 0 amide bonds. The van der Waals surface area contributed by atoms with Gasteiger partial charge in [0.25, 0.3) is 5.95 Å². The molecule has 0 unspecified atom stereocenters. The van der Waals surface area contributed by atoms with E-state index in [4.69, 9.17) is 15.5 Å². The first-order valence-corrected chi connectivity index (χ1v) is 13.3. The number of nitrogens with two attached hydrogens (primary N) is 1. The third-order valence-electron chi connectivity index (χ3n) is 6.27. The fourth-order valence-corrected chi connectivity index (χ4v) is 4.23. The molecule has 0 aliphatic carbocycles. The van der Waals surface area contributed by atoms with Crippen molar-refractivity contribution in [2.75, 3.05) is 12.3 Å². The molecular weight excluding hydrogens is 504 g/mol. The van der Waals surface area contributed by atoms with Crippen LogP contribution in [0.3, 0.4) is 0 Å². The van der Waals surface area contributed by atoms with Gasteiger partial charge in [0.05, 0.1) is 17.1 Å². The van der Waals surface area contributed by atoms with E-state index >= 15 is 0 Å². The van der Waals surface area contributed by atoms with Crippen molar-refractivity contribution < 1.29 is 4.74 Å². The predicted molar refractivity (Wildman–Crippen MR) is 172 cm³/mol. The topological polar surface area (TPSA) is 73.4 Å². The highest BCUT2D eigenvalue weighted by Crippen LogP contribution is 2.32. The largest absolute Gasteiger partial charge is 0.489 e. The van der Waals surface area contributed by atoms with Gasteiger partial charge in [-0.1, -0.05) is 128 Å². The smallest absolute Gasteiger partial charge is 0.250 e. The standard InChI is InChI=1S/C36H30N4O/c1-2-25-41-34-20-12-11-19-31(34)30-18-10-9-17-29(30)26-38-36-39-32(23-21-27-13-5-3-6-14-27)35(37)33(40-36)24-22-28-15-7-4-8-16-28/h2-24,26H,1,25,37H2/b23-21+,24-22+,38-26+. The van der Waals surface area contributed by atoms with Crippen LogP contribution in [0.15, 0.2) is 127 Å². The number of nitrogen functional groups attached to an aromatic ring is 1. The first-order chi connectivity index (χ1) is 20.2. The molecule has 1 heterocycles. The summed E-state index contributed by atoms with van der Waals surface area (Å²) in [6, 6.07) is 36.0. The summed E-state index contributed by atoms with van der Waals surface area (Å²) < 4.78 is 5.91. The van der Waals surface area contributed by atoms with E-state index in [2.05, 4.69) is 16.5 Å². The maximum Gasteiger partial charge on any atom is 0.250 e. The number of hydrogen-bond acceptors (Lipinski definition) is 5. The van der Waals surface area contributed by atoms with Crippen LogP contribution in [0.25, 0.3) is 35.4 Å². The van der Waals surface area contributed by atoms with Crippen molar-refractivity contribution in [2.45, 2.75) is 0 Å². The number of benzene rings is 4. The average molecular weight is 535 g/mol. The molecule has 0 radical (unpaired) electrons. The van der Waals surface area contributed by atoms with Gasteiger partial charge < -0.3 is 10.5 Å². The lowest BCUT2D eigenvalue weighted by atomic mass is 9.99. The second kappa shape index (κ2) is 13.5. The van der Waals surface area contributed by atoms with Gasteiger partial charge in [0.15, 0.2) is 0 Å². The summed E-state index contributed by atoms with van der Waals surface area (Å²) in [4.78, 5) is 14.1. The van der Waals surface area contributed by atoms with Gasteiger partial charge in [-0.15, -0.1) is 0 Å². The van der Waals surface area contributed by atoms with Crippen LogP contribution in [0.2, 0.25) is 0 Å². The van der Waals surface area contributed by atoms with Crippen LogP contribution in [0.1, 0.15) is 28.1 Å². The van der Waals surface area contributed by atoms with E-state index in [9.17, 15) is 0 Å². The molecule has 0 fully saturated rings. The molecule has 0 bridgehead atoms. The summed E-state index contributed by atoms with van der Waals surface area (Å²) >= 11 is 0. The first kappa shape index (κ1) is 27.0. The van der Waals surface area contributed by atoms with Gasteiger partial charge in [0.2, 0.25) is 0 Å². The molecule has 200 valence electrons. The van der Waals surface area contributed by atoms with Crippen molar-refractivity contribution >= 4 is 42.2 Å². The number of aromatic nitrogens is 2. The lowest BCUT2D eigenvalue weighted by Gasteiger charge is -2.12. The van der Waals surface area contributed by atoms with Crippen LogP contribution in [-0.4, -0.2) is 22.8 Å². The summed E-state index contributed by atoms with van der Waals surface area (Å²) in [7, 11) is 0. The highest BCUT2D eigenvalue weighted by atomic mass is 16.5. The Morgan fingerprint density at radius 1 is 0.659 bits per heavy atom. The molecule has 5 heteroatoms. The van der Waals surface area contributed by atoms with Crippen LogP contribution >= 0.6 is 0 Å². The Kier molecular flexibility index (Phi) is 8.90. The molecule has 0 spiro atoms. The monoisotopic (exact) mass is 534 g/mol. The van der Waals surface area contributed by atoms with Crippen LogP contribution in [0, 0.1) is 0 Å². The third-order valence-corrected chi connectivity index (χ3v) is 6.27. The summed E-state index contributed by atoms with van der Waals surface area (Å²) in [6.45, 7) is 4.18. The minimum atomic E-state index is 0.311. The van der Waals surface area contributed by atoms with E-state index in [1.54, 1.807) is 12.3 Å².